The van der Waals surface area contributed by atoms with Gasteiger partial charge >= 0.3 is 0 Å². The van der Waals surface area contributed by atoms with Crippen molar-refractivity contribution < 1.29 is 4.79 Å². The van der Waals surface area contributed by atoms with Crippen molar-refractivity contribution in [2.75, 3.05) is 6.54 Å². The molecule has 18 heavy (non-hydrogen) atoms. The molecule has 0 unspecified atom stereocenters. The Balaban J connectivity index is 2.16. The van der Waals surface area contributed by atoms with Crippen LogP contribution in [0.2, 0.25) is 5.15 Å². The predicted molar refractivity (Wildman–Crippen MR) is 72.7 cm³/mol. The molecular formula is C14H17ClN2O. The van der Waals surface area contributed by atoms with Crippen LogP contribution >= 0.6 is 11.6 Å². The van der Waals surface area contributed by atoms with Crippen molar-refractivity contribution in [2.45, 2.75) is 31.7 Å². The number of aromatic nitrogens is 1. The molecule has 1 saturated carbocycles. The maximum absolute atomic E-state index is 12.4. The average molecular weight is 265 g/mol. The van der Waals surface area contributed by atoms with Crippen molar-refractivity contribution >= 4 is 17.5 Å². The fraction of sp³-hybridized carbons (Fsp3) is 0.429. The summed E-state index contributed by atoms with van der Waals surface area (Å²) in [5.74, 6) is 0.0194. The highest BCUT2D eigenvalue weighted by molar-refractivity contribution is 6.29. The number of nitrogens with zero attached hydrogens (tertiary/aromatic N) is 2. The third kappa shape index (κ3) is 2.91. The minimum absolute atomic E-state index is 0.0194. The Bertz CT molecular complexity index is 424. The van der Waals surface area contributed by atoms with E-state index in [-0.39, 0.29) is 5.91 Å². The highest BCUT2D eigenvalue weighted by Crippen LogP contribution is 2.24. The molecule has 1 heterocycles. The van der Waals surface area contributed by atoms with Gasteiger partial charge in [0, 0.05) is 18.8 Å². The van der Waals surface area contributed by atoms with Crippen molar-refractivity contribution in [3.8, 4) is 0 Å². The van der Waals surface area contributed by atoms with E-state index in [0.717, 1.165) is 12.8 Å². The van der Waals surface area contributed by atoms with E-state index < -0.39 is 0 Å². The number of carbonyl (C=O) groups is 1. The molecule has 0 aliphatic heterocycles. The summed E-state index contributed by atoms with van der Waals surface area (Å²) in [5, 5.41) is 0.405. The summed E-state index contributed by atoms with van der Waals surface area (Å²) < 4.78 is 0. The first kappa shape index (κ1) is 13.1. The lowest BCUT2D eigenvalue weighted by atomic mass is 10.1. The first-order chi connectivity index (χ1) is 8.72. The van der Waals surface area contributed by atoms with E-state index in [1.54, 1.807) is 18.2 Å². The van der Waals surface area contributed by atoms with E-state index in [9.17, 15) is 4.79 Å². The molecule has 0 saturated heterocycles. The summed E-state index contributed by atoms with van der Waals surface area (Å²) >= 11 is 5.73. The minimum atomic E-state index is 0.0194. The van der Waals surface area contributed by atoms with Crippen molar-refractivity contribution in [1.29, 1.82) is 0 Å². The van der Waals surface area contributed by atoms with Gasteiger partial charge in [-0.05, 0) is 25.0 Å². The highest BCUT2D eigenvalue weighted by atomic mass is 35.5. The Morgan fingerprint density at radius 2 is 2.22 bits per heavy atom. The molecule has 0 aromatic carbocycles. The van der Waals surface area contributed by atoms with Gasteiger partial charge in [0.1, 0.15) is 5.15 Å². The maximum Gasteiger partial charge on any atom is 0.255 e. The van der Waals surface area contributed by atoms with Gasteiger partial charge in [0.15, 0.2) is 0 Å². The van der Waals surface area contributed by atoms with Crippen LogP contribution in [0.1, 0.15) is 36.0 Å². The van der Waals surface area contributed by atoms with Crippen molar-refractivity contribution in [2.24, 2.45) is 0 Å². The summed E-state index contributed by atoms with van der Waals surface area (Å²) in [7, 11) is 0. The van der Waals surface area contributed by atoms with Gasteiger partial charge in [-0.25, -0.2) is 4.98 Å². The largest absolute Gasteiger partial charge is 0.332 e. The van der Waals surface area contributed by atoms with Gasteiger partial charge in [-0.15, -0.1) is 6.58 Å². The third-order valence-electron chi connectivity index (χ3n) is 3.33. The zero-order valence-corrected chi connectivity index (χ0v) is 11.1. The quantitative estimate of drug-likeness (QED) is 0.617. The van der Waals surface area contributed by atoms with E-state index in [4.69, 9.17) is 11.6 Å². The van der Waals surface area contributed by atoms with E-state index in [1.165, 1.54) is 19.0 Å². The Hall–Kier alpha value is -1.35. The maximum atomic E-state index is 12.4. The Morgan fingerprint density at radius 3 is 2.78 bits per heavy atom. The minimum Gasteiger partial charge on any atom is -0.332 e. The normalized spacial score (nSPS) is 15.6. The van der Waals surface area contributed by atoms with Crippen LogP contribution in [-0.4, -0.2) is 28.4 Å². The SMILES string of the molecule is C=CCN(C(=O)c1ccc(Cl)nc1)C1CCCC1. The number of rotatable bonds is 4. The smallest absolute Gasteiger partial charge is 0.255 e. The summed E-state index contributed by atoms with van der Waals surface area (Å²) in [6, 6.07) is 3.71. The van der Waals surface area contributed by atoms with Crippen LogP contribution in [0.25, 0.3) is 0 Å². The first-order valence-electron chi connectivity index (χ1n) is 6.26. The molecule has 4 heteroatoms. The summed E-state index contributed by atoms with van der Waals surface area (Å²) in [6.07, 6.45) is 7.88. The second-order valence-electron chi connectivity index (χ2n) is 4.55. The van der Waals surface area contributed by atoms with E-state index in [1.807, 2.05) is 4.90 Å². The lowest BCUT2D eigenvalue weighted by molar-refractivity contribution is 0.0706. The lowest BCUT2D eigenvalue weighted by Gasteiger charge is -2.27. The summed E-state index contributed by atoms with van der Waals surface area (Å²) in [6.45, 7) is 4.32. The third-order valence-corrected chi connectivity index (χ3v) is 3.55. The number of pyridine rings is 1. The number of hydrogen-bond acceptors (Lipinski definition) is 2. The van der Waals surface area contributed by atoms with Gasteiger partial charge in [-0.1, -0.05) is 30.5 Å². The average Bonchev–Trinajstić information content (AvgIpc) is 2.90. The van der Waals surface area contributed by atoms with Gasteiger partial charge < -0.3 is 4.90 Å². The molecule has 1 amide bonds. The molecule has 0 radical (unpaired) electrons. The van der Waals surface area contributed by atoms with Crippen LogP contribution in [0.15, 0.2) is 31.0 Å². The van der Waals surface area contributed by atoms with Gasteiger partial charge in [-0.3, -0.25) is 4.79 Å². The number of halogens is 1. The van der Waals surface area contributed by atoms with E-state index >= 15 is 0 Å². The Labute approximate surface area is 112 Å². The Morgan fingerprint density at radius 1 is 1.50 bits per heavy atom. The van der Waals surface area contributed by atoms with Crippen molar-refractivity contribution in [1.82, 2.24) is 9.88 Å². The fourth-order valence-corrected chi connectivity index (χ4v) is 2.53. The second-order valence-corrected chi connectivity index (χ2v) is 4.94. The molecule has 2 rings (SSSR count). The Kier molecular flexibility index (Phi) is 4.37. The molecule has 1 aliphatic rings. The van der Waals surface area contributed by atoms with E-state index in [2.05, 4.69) is 11.6 Å². The van der Waals surface area contributed by atoms with Crippen LogP contribution in [0.3, 0.4) is 0 Å². The van der Waals surface area contributed by atoms with Gasteiger partial charge in [0.05, 0.1) is 5.56 Å². The molecule has 3 nitrogen and oxygen atoms in total. The zero-order valence-electron chi connectivity index (χ0n) is 10.3. The van der Waals surface area contributed by atoms with E-state index in [0.29, 0.717) is 23.3 Å². The number of amides is 1. The van der Waals surface area contributed by atoms with Crippen LogP contribution in [-0.2, 0) is 0 Å². The second kappa shape index (κ2) is 6.01. The predicted octanol–water partition coefficient (Wildman–Crippen LogP) is 3.31. The first-order valence-corrected chi connectivity index (χ1v) is 6.63. The van der Waals surface area contributed by atoms with Crippen LogP contribution in [0.4, 0.5) is 0 Å². The summed E-state index contributed by atoms with van der Waals surface area (Å²) in [5.41, 5.74) is 0.591. The van der Waals surface area contributed by atoms with Crippen molar-refractivity contribution in [3.63, 3.8) is 0 Å². The standard InChI is InChI=1S/C14H17ClN2O/c1-2-9-17(12-5-3-4-6-12)14(18)11-7-8-13(15)16-10-11/h2,7-8,10,12H,1,3-6,9H2. The zero-order chi connectivity index (χ0) is 13.0. The monoisotopic (exact) mass is 264 g/mol. The molecule has 0 atom stereocenters. The highest BCUT2D eigenvalue weighted by Gasteiger charge is 2.26. The number of carbonyl (C=O) groups excluding carboxylic acids is 1. The van der Waals surface area contributed by atoms with Gasteiger partial charge in [0.25, 0.3) is 5.91 Å². The topological polar surface area (TPSA) is 33.2 Å². The molecule has 0 bridgehead atoms. The van der Waals surface area contributed by atoms with Crippen LogP contribution in [0, 0.1) is 0 Å². The van der Waals surface area contributed by atoms with Crippen molar-refractivity contribution in [3.05, 3.63) is 41.7 Å². The summed E-state index contributed by atoms with van der Waals surface area (Å²) in [4.78, 5) is 18.3. The molecule has 1 aliphatic carbocycles. The van der Waals surface area contributed by atoms with Gasteiger partial charge in [0.2, 0.25) is 0 Å². The molecule has 0 spiro atoms. The molecular weight excluding hydrogens is 248 g/mol. The molecule has 0 N–H and O–H groups in total. The fourth-order valence-electron chi connectivity index (χ4n) is 2.42. The molecule has 1 aromatic rings. The lowest BCUT2D eigenvalue weighted by Crippen LogP contribution is -2.38. The van der Waals surface area contributed by atoms with Crippen LogP contribution in [0.5, 0.6) is 0 Å². The number of hydrogen-bond donors (Lipinski definition) is 0. The van der Waals surface area contributed by atoms with Gasteiger partial charge in [-0.2, -0.15) is 0 Å². The molecule has 96 valence electrons. The van der Waals surface area contributed by atoms with Crippen LogP contribution < -0.4 is 0 Å². The molecule has 1 fully saturated rings. The molecule has 1 aromatic heterocycles.